The summed E-state index contributed by atoms with van der Waals surface area (Å²) in [6, 6.07) is 2.16. The first-order valence-corrected chi connectivity index (χ1v) is 9.10. The number of piperidine rings is 1. The number of aromatic nitrogens is 4. The molecular weight excluding hydrogens is 330 g/mol. The first-order chi connectivity index (χ1) is 12.5. The first-order valence-electron chi connectivity index (χ1n) is 9.10. The second kappa shape index (κ2) is 7.90. The average molecular weight is 359 g/mol. The molecule has 0 radical (unpaired) electrons. The average Bonchev–Trinajstić information content (AvgIpc) is 3.21. The van der Waals surface area contributed by atoms with E-state index in [1.807, 2.05) is 38.1 Å². The summed E-state index contributed by atoms with van der Waals surface area (Å²) < 4.78 is 3.62. The van der Waals surface area contributed by atoms with Gasteiger partial charge in [-0.3, -0.25) is 14.3 Å². The van der Waals surface area contributed by atoms with Gasteiger partial charge in [-0.1, -0.05) is 0 Å². The van der Waals surface area contributed by atoms with Crippen molar-refractivity contribution in [2.75, 3.05) is 27.2 Å². The van der Waals surface area contributed by atoms with E-state index in [4.69, 9.17) is 0 Å². The molecule has 0 bridgehead atoms. The summed E-state index contributed by atoms with van der Waals surface area (Å²) in [7, 11) is 7.85. The number of urea groups is 1. The van der Waals surface area contributed by atoms with Crippen LogP contribution in [0.2, 0.25) is 0 Å². The molecule has 2 amide bonds. The van der Waals surface area contributed by atoms with Crippen LogP contribution in [-0.2, 0) is 20.6 Å². The van der Waals surface area contributed by atoms with E-state index >= 15 is 0 Å². The lowest BCUT2D eigenvalue weighted by Gasteiger charge is -2.40. The molecule has 8 heteroatoms. The normalized spacial score (nSPS) is 20.9. The quantitative estimate of drug-likeness (QED) is 0.875. The number of rotatable bonds is 5. The third-order valence-corrected chi connectivity index (χ3v) is 5.27. The molecule has 0 spiro atoms. The van der Waals surface area contributed by atoms with Crippen molar-refractivity contribution in [3.05, 3.63) is 35.9 Å². The summed E-state index contributed by atoms with van der Waals surface area (Å²) in [5.74, 6) is 0.394. The van der Waals surface area contributed by atoms with E-state index < -0.39 is 0 Å². The van der Waals surface area contributed by atoms with Gasteiger partial charge in [-0.25, -0.2) is 4.79 Å². The molecule has 0 unspecified atom stereocenters. The molecule has 2 atom stereocenters. The Morgan fingerprint density at radius 3 is 2.81 bits per heavy atom. The van der Waals surface area contributed by atoms with Crippen LogP contribution in [0.3, 0.4) is 0 Å². The van der Waals surface area contributed by atoms with Crippen LogP contribution in [0, 0.1) is 5.92 Å². The Kier molecular flexibility index (Phi) is 5.61. The maximum Gasteiger partial charge on any atom is 0.317 e. The van der Waals surface area contributed by atoms with E-state index in [-0.39, 0.29) is 6.03 Å². The molecule has 26 heavy (non-hydrogen) atoms. The second-order valence-electron chi connectivity index (χ2n) is 7.26. The van der Waals surface area contributed by atoms with Crippen LogP contribution >= 0.6 is 0 Å². The van der Waals surface area contributed by atoms with Gasteiger partial charge in [0.15, 0.2) is 0 Å². The fourth-order valence-electron chi connectivity index (χ4n) is 3.88. The Labute approximate surface area is 154 Å². The maximum absolute atomic E-state index is 12.5. The zero-order valence-corrected chi connectivity index (χ0v) is 16.1. The standard InChI is InChI=1S/C18H29N7O/c1-22-9-5-6-14(17(22)15-10-21-24(3)13-15)12-23(2)18(26)19-11-16-7-8-20-25(16)4/h7-8,10,13-14,17H,5-6,9,11-12H2,1-4H3,(H,19,26)/t14-,17+/m0/s1. The van der Waals surface area contributed by atoms with Crippen molar-refractivity contribution in [3.63, 3.8) is 0 Å². The van der Waals surface area contributed by atoms with E-state index in [1.54, 1.807) is 15.8 Å². The monoisotopic (exact) mass is 359 g/mol. The number of likely N-dealkylation sites (tertiary alicyclic amines) is 1. The van der Waals surface area contributed by atoms with Crippen molar-refractivity contribution in [3.8, 4) is 0 Å². The van der Waals surface area contributed by atoms with Gasteiger partial charge in [-0.15, -0.1) is 0 Å². The lowest BCUT2D eigenvalue weighted by molar-refractivity contribution is 0.0995. The highest BCUT2D eigenvalue weighted by molar-refractivity contribution is 5.73. The third-order valence-electron chi connectivity index (χ3n) is 5.27. The lowest BCUT2D eigenvalue weighted by atomic mass is 9.86. The van der Waals surface area contributed by atoms with E-state index in [2.05, 4.69) is 33.7 Å². The molecule has 0 saturated carbocycles. The molecule has 142 valence electrons. The smallest absolute Gasteiger partial charge is 0.317 e. The van der Waals surface area contributed by atoms with Crippen molar-refractivity contribution in [1.82, 2.24) is 34.7 Å². The van der Waals surface area contributed by atoms with Crippen LogP contribution in [0.25, 0.3) is 0 Å². The SMILES string of the molecule is CN(C[C@@H]1CCCN(C)[C@H]1c1cnn(C)c1)C(=O)NCc1ccnn1C. The van der Waals surface area contributed by atoms with Crippen molar-refractivity contribution in [2.24, 2.45) is 20.0 Å². The van der Waals surface area contributed by atoms with Gasteiger partial charge in [-0.05, 0) is 38.4 Å². The summed E-state index contributed by atoms with van der Waals surface area (Å²) in [5, 5.41) is 11.4. The lowest BCUT2D eigenvalue weighted by Crippen LogP contribution is -2.45. The predicted molar refractivity (Wildman–Crippen MR) is 99.4 cm³/mol. The number of aryl methyl sites for hydroxylation is 2. The maximum atomic E-state index is 12.5. The molecule has 3 rings (SSSR count). The summed E-state index contributed by atoms with van der Waals surface area (Å²) in [6.45, 7) is 2.28. The van der Waals surface area contributed by atoms with E-state index in [1.165, 1.54) is 5.56 Å². The van der Waals surface area contributed by atoms with E-state index in [9.17, 15) is 4.79 Å². The van der Waals surface area contributed by atoms with Gasteiger partial charge in [0.1, 0.15) is 0 Å². The fraction of sp³-hybridized carbons (Fsp3) is 0.611. The number of amides is 2. The first kappa shape index (κ1) is 18.4. The summed E-state index contributed by atoms with van der Waals surface area (Å²) in [5.41, 5.74) is 2.21. The predicted octanol–water partition coefficient (Wildman–Crippen LogP) is 1.38. The van der Waals surface area contributed by atoms with Crippen molar-refractivity contribution >= 4 is 6.03 Å². The highest BCUT2D eigenvalue weighted by atomic mass is 16.2. The minimum absolute atomic E-state index is 0.0515. The van der Waals surface area contributed by atoms with Crippen molar-refractivity contribution in [2.45, 2.75) is 25.4 Å². The van der Waals surface area contributed by atoms with Gasteiger partial charge in [0.25, 0.3) is 0 Å². The number of carbonyl (C=O) groups excluding carboxylic acids is 1. The van der Waals surface area contributed by atoms with Crippen molar-refractivity contribution in [1.29, 1.82) is 0 Å². The number of hydrogen-bond donors (Lipinski definition) is 1. The fourth-order valence-corrected chi connectivity index (χ4v) is 3.88. The Morgan fingerprint density at radius 2 is 2.15 bits per heavy atom. The molecule has 1 fully saturated rings. The largest absolute Gasteiger partial charge is 0.332 e. The third kappa shape index (κ3) is 4.07. The second-order valence-corrected chi connectivity index (χ2v) is 7.26. The zero-order valence-electron chi connectivity index (χ0n) is 16.1. The Morgan fingerprint density at radius 1 is 1.35 bits per heavy atom. The highest BCUT2D eigenvalue weighted by Crippen LogP contribution is 2.35. The van der Waals surface area contributed by atoms with E-state index in [0.717, 1.165) is 31.6 Å². The zero-order chi connectivity index (χ0) is 18.7. The van der Waals surface area contributed by atoms with Gasteiger partial charge in [0.05, 0.1) is 18.4 Å². The van der Waals surface area contributed by atoms with Gasteiger partial charge in [0.2, 0.25) is 0 Å². The van der Waals surface area contributed by atoms with Crippen LogP contribution in [0.4, 0.5) is 4.79 Å². The van der Waals surface area contributed by atoms with Crippen molar-refractivity contribution < 1.29 is 4.79 Å². The Balaban J connectivity index is 1.61. The van der Waals surface area contributed by atoms with E-state index in [0.29, 0.717) is 18.5 Å². The Bertz CT molecular complexity index is 737. The molecule has 0 aliphatic carbocycles. The Hall–Kier alpha value is -2.35. The minimum atomic E-state index is -0.0515. The van der Waals surface area contributed by atoms with Gasteiger partial charge >= 0.3 is 6.03 Å². The minimum Gasteiger partial charge on any atom is -0.332 e. The van der Waals surface area contributed by atoms with Crippen LogP contribution in [0.1, 0.15) is 30.1 Å². The summed E-state index contributed by atoms with van der Waals surface area (Å²) in [6.07, 6.45) is 8.04. The number of nitrogens with zero attached hydrogens (tertiary/aromatic N) is 6. The molecular formula is C18H29N7O. The van der Waals surface area contributed by atoms with Crippen LogP contribution in [-0.4, -0.2) is 62.6 Å². The van der Waals surface area contributed by atoms with Crippen LogP contribution in [0.5, 0.6) is 0 Å². The molecule has 2 aromatic heterocycles. The molecule has 1 aliphatic rings. The van der Waals surface area contributed by atoms with Gasteiger partial charge in [-0.2, -0.15) is 10.2 Å². The van der Waals surface area contributed by atoms with Gasteiger partial charge in [0, 0.05) is 51.7 Å². The summed E-state index contributed by atoms with van der Waals surface area (Å²) in [4.78, 5) is 16.7. The number of carbonyl (C=O) groups is 1. The van der Waals surface area contributed by atoms with Gasteiger partial charge < -0.3 is 10.2 Å². The van der Waals surface area contributed by atoms with Crippen LogP contribution in [0.15, 0.2) is 24.7 Å². The molecule has 1 aliphatic heterocycles. The highest BCUT2D eigenvalue weighted by Gasteiger charge is 2.32. The molecule has 1 saturated heterocycles. The molecule has 2 aromatic rings. The number of hydrogen-bond acceptors (Lipinski definition) is 4. The molecule has 0 aromatic carbocycles. The number of nitrogens with one attached hydrogen (secondary N) is 1. The molecule has 3 heterocycles. The van der Waals surface area contributed by atoms with Crippen LogP contribution < -0.4 is 5.32 Å². The topological polar surface area (TPSA) is 71.2 Å². The molecule has 1 N–H and O–H groups in total. The summed E-state index contributed by atoms with van der Waals surface area (Å²) >= 11 is 0. The molecule has 8 nitrogen and oxygen atoms in total.